The number of thioether (sulfide) groups is 1. The van der Waals surface area contributed by atoms with Crippen molar-refractivity contribution < 1.29 is 14.3 Å². The van der Waals surface area contributed by atoms with Gasteiger partial charge in [0.15, 0.2) is 5.16 Å². The Bertz CT molecular complexity index is 848. The number of nitrogens with one attached hydrogen (secondary N) is 1. The number of para-hydroxylation sites is 1. The van der Waals surface area contributed by atoms with E-state index in [0.29, 0.717) is 49.6 Å². The van der Waals surface area contributed by atoms with E-state index in [2.05, 4.69) is 22.4 Å². The van der Waals surface area contributed by atoms with Gasteiger partial charge >= 0.3 is 0 Å². The summed E-state index contributed by atoms with van der Waals surface area (Å²) in [5, 5.41) is 12.0. The Morgan fingerprint density at radius 2 is 1.93 bits per heavy atom. The van der Waals surface area contributed by atoms with E-state index in [9.17, 15) is 9.59 Å². The predicted molar refractivity (Wildman–Crippen MR) is 112 cm³/mol. The first kappa shape index (κ1) is 21.3. The summed E-state index contributed by atoms with van der Waals surface area (Å²) in [7, 11) is 0. The summed E-state index contributed by atoms with van der Waals surface area (Å²) in [5.74, 6) is 0.836. The number of aromatic nitrogens is 3. The first-order chi connectivity index (χ1) is 14.1. The lowest BCUT2D eigenvalue weighted by atomic mass is 10.1. The molecule has 1 N–H and O–H groups in total. The summed E-state index contributed by atoms with van der Waals surface area (Å²) >= 11 is 1.36. The van der Waals surface area contributed by atoms with Crippen LogP contribution in [-0.4, -0.2) is 63.5 Å². The van der Waals surface area contributed by atoms with Crippen molar-refractivity contribution in [3.05, 3.63) is 35.7 Å². The van der Waals surface area contributed by atoms with Crippen LogP contribution in [-0.2, 0) is 33.7 Å². The summed E-state index contributed by atoms with van der Waals surface area (Å²) in [6.07, 6.45) is 0.983. The second-order valence-corrected chi connectivity index (χ2v) is 7.60. The molecule has 2 aromatic rings. The number of rotatable bonds is 8. The number of carbonyl (C=O) groups excluding carboxylic acids is 2. The molecule has 1 fully saturated rings. The van der Waals surface area contributed by atoms with Crippen molar-refractivity contribution >= 4 is 29.3 Å². The SMILES string of the molecule is CCc1ccccc1NC(=O)Cc1nnc(SCC(=O)N2CCOCC2)n1CC. The molecule has 156 valence electrons. The molecule has 1 aromatic carbocycles. The molecule has 9 heteroatoms. The van der Waals surface area contributed by atoms with E-state index < -0.39 is 0 Å². The van der Waals surface area contributed by atoms with Crippen molar-refractivity contribution in [2.24, 2.45) is 0 Å². The highest BCUT2D eigenvalue weighted by Gasteiger charge is 2.20. The molecule has 0 aliphatic carbocycles. The molecule has 2 heterocycles. The Labute approximate surface area is 175 Å². The second-order valence-electron chi connectivity index (χ2n) is 6.66. The zero-order chi connectivity index (χ0) is 20.6. The number of aryl methyl sites for hydroxylation is 1. The Hall–Kier alpha value is -2.39. The fourth-order valence-electron chi connectivity index (χ4n) is 3.19. The number of ether oxygens (including phenoxy) is 1. The summed E-state index contributed by atoms with van der Waals surface area (Å²) < 4.78 is 7.17. The summed E-state index contributed by atoms with van der Waals surface area (Å²) in [4.78, 5) is 26.7. The zero-order valence-electron chi connectivity index (χ0n) is 16.9. The lowest BCUT2D eigenvalue weighted by Crippen LogP contribution is -2.41. The van der Waals surface area contributed by atoms with Crippen molar-refractivity contribution in [2.75, 3.05) is 37.4 Å². The maximum atomic E-state index is 12.5. The van der Waals surface area contributed by atoms with Crippen LogP contribution in [0.25, 0.3) is 0 Å². The van der Waals surface area contributed by atoms with E-state index in [1.807, 2.05) is 40.7 Å². The number of morpholine rings is 1. The van der Waals surface area contributed by atoms with Gasteiger partial charge in [-0.3, -0.25) is 9.59 Å². The highest BCUT2D eigenvalue weighted by atomic mass is 32.2. The third-order valence-electron chi connectivity index (χ3n) is 4.79. The van der Waals surface area contributed by atoms with Crippen LogP contribution in [0.2, 0.25) is 0 Å². The fourth-order valence-corrected chi connectivity index (χ4v) is 4.12. The molecule has 0 atom stereocenters. The topological polar surface area (TPSA) is 89.3 Å². The highest BCUT2D eigenvalue weighted by Crippen LogP contribution is 2.19. The molecule has 1 aromatic heterocycles. The van der Waals surface area contributed by atoms with Gasteiger partial charge in [-0.05, 0) is 25.0 Å². The Kier molecular flexibility index (Phi) is 7.65. The van der Waals surface area contributed by atoms with Gasteiger partial charge in [0, 0.05) is 25.3 Å². The number of hydrogen-bond acceptors (Lipinski definition) is 6. The van der Waals surface area contributed by atoms with Crippen molar-refractivity contribution in [1.29, 1.82) is 0 Å². The predicted octanol–water partition coefficient (Wildman–Crippen LogP) is 1.99. The second kappa shape index (κ2) is 10.4. The van der Waals surface area contributed by atoms with E-state index in [4.69, 9.17) is 4.74 Å². The number of carbonyl (C=O) groups is 2. The van der Waals surface area contributed by atoms with Gasteiger partial charge < -0.3 is 19.5 Å². The molecule has 29 heavy (non-hydrogen) atoms. The fraction of sp³-hybridized carbons (Fsp3) is 0.500. The van der Waals surface area contributed by atoms with Crippen LogP contribution in [0.1, 0.15) is 25.2 Å². The average molecular weight is 418 g/mol. The van der Waals surface area contributed by atoms with Crippen molar-refractivity contribution in [1.82, 2.24) is 19.7 Å². The van der Waals surface area contributed by atoms with Crippen LogP contribution in [0.15, 0.2) is 29.4 Å². The lowest BCUT2D eigenvalue weighted by molar-refractivity contribution is -0.132. The standard InChI is InChI=1S/C20H27N5O3S/c1-3-15-7-5-6-8-16(15)21-18(26)13-17-22-23-20(25(17)4-2)29-14-19(27)24-9-11-28-12-10-24/h5-8H,3-4,9-14H2,1-2H3,(H,21,26). The van der Waals surface area contributed by atoms with Gasteiger partial charge in [-0.15, -0.1) is 10.2 Å². The van der Waals surface area contributed by atoms with Gasteiger partial charge in [0.2, 0.25) is 11.8 Å². The van der Waals surface area contributed by atoms with Crippen LogP contribution in [0, 0.1) is 0 Å². The quantitative estimate of drug-likeness (QED) is 0.661. The van der Waals surface area contributed by atoms with Crippen LogP contribution in [0.3, 0.4) is 0 Å². The summed E-state index contributed by atoms with van der Waals surface area (Å²) in [6.45, 7) is 7.10. The van der Waals surface area contributed by atoms with E-state index in [1.165, 1.54) is 11.8 Å². The van der Waals surface area contributed by atoms with Gasteiger partial charge in [0.1, 0.15) is 5.82 Å². The number of anilines is 1. The minimum Gasteiger partial charge on any atom is -0.378 e. The van der Waals surface area contributed by atoms with Crippen molar-refractivity contribution in [3.63, 3.8) is 0 Å². The molecule has 0 saturated carbocycles. The molecular formula is C20H27N5O3S. The Morgan fingerprint density at radius 1 is 1.17 bits per heavy atom. The van der Waals surface area contributed by atoms with Gasteiger partial charge in [-0.1, -0.05) is 36.9 Å². The van der Waals surface area contributed by atoms with Gasteiger partial charge in [0.05, 0.1) is 25.4 Å². The highest BCUT2D eigenvalue weighted by molar-refractivity contribution is 7.99. The first-order valence-corrected chi connectivity index (χ1v) is 10.9. The lowest BCUT2D eigenvalue weighted by Gasteiger charge is -2.26. The van der Waals surface area contributed by atoms with E-state index >= 15 is 0 Å². The maximum absolute atomic E-state index is 12.5. The maximum Gasteiger partial charge on any atom is 0.233 e. The molecule has 0 spiro atoms. The van der Waals surface area contributed by atoms with E-state index in [1.54, 1.807) is 0 Å². The molecule has 1 aliphatic rings. The third-order valence-corrected chi connectivity index (χ3v) is 5.74. The largest absolute Gasteiger partial charge is 0.378 e. The Morgan fingerprint density at radius 3 is 2.66 bits per heavy atom. The normalized spacial score (nSPS) is 14.1. The number of hydrogen-bond donors (Lipinski definition) is 1. The number of benzene rings is 1. The molecule has 0 radical (unpaired) electrons. The summed E-state index contributed by atoms with van der Waals surface area (Å²) in [6, 6.07) is 7.78. The van der Waals surface area contributed by atoms with Crippen molar-refractivity contribution in [2.45, 2.75) is 38.4 Å². The molecule has 2 amide bonds. The monoisotopic (exact) mass is 417 g/mol. The molecule has 3 rings (SSSR count). The molecule has 8 nitrogen and oxygen atoms in total. The molecule has 1 saturated heterocycles. The number of amides is 2. The smallest absolute Gasteiger partial charge is 0.233 e. The molecule has 0 bridgehead atoms. The van der Waals surface area contributed by atoms with Gasteiger partial charge in [0.25, 0.3) is 0 Å². The van der Waals surface area contributed by atoms with Crippen LogP contribution in [0.4, 0.5) is 5.69 Å². The first-order valence-electron chi connectivity index (χ1n) is 9.90. The van der Waals surface area contributed by atoms with Gasteiger partial charge in [-0.25, -0.2) is 0 Å². The van der Waals surface area contributed by atoms with Crippen molar-refractivity contribution in [3.8, 4) is 0 Å². The minimum atomic E-state index is -0.131. The average Bonchev–Trinajstić information content (AvgIpc) is 3.14. The Balaban J connectivity index is 1.60. The minimum absolute atomic E-state index is 0.0689. The van der Waals surface area contributed by atoms with Crippen LogP contribution < -0.4 is 5.32 Å². The third kappa shape index (κ3) is 5.57. The van der Waals surface area contributed by atoms with E-state index in [0.717, 1.165) is 17.7 Å². The van der Waals surface area contributed by atoms with Gasteiger partial charge in [-0.2, -0.15) is 0 Å². The van der Waals surface area contributed by atoms with Crippen LogP contribution in [0.5, 0.6) is 0 Å². The zero-order valence-corrected chi connectivity index (χ0v) is 17.7. The van der Waals surface area contributed by atoms with Crippen LogP contribution >= 0.6 is 11.8 Å². The number of nitrogens with zero attached hydrogens (tertiary/aromatic N) is 4. The molecule has 0 unspecified atom stereocenters. The van der Waals surface area contributed by atoms with E-state index in [-0.39, 0.29) is 18.2 Å². The summed E-state index contributed by atoms with van der Waals surface area (Å²) in [5.41, 5.74) is 1.92. The molecule has 1 aliphatic heterocycles. The molecular weight excluding hydrogens is 390 g/mol.